The van der Waals surface area contributed by atoms with E-state index in [4.69, 9.17) is 15.4 Å². The van der Waals surface area contributed by atoms with E-state index in [0.717, 1.165) is 6.26 Å². The number of carbonyl (C=O) groups excluding carboxylic acids is 2. The Morgan fingerprint density at radius 2 is 1.87 bits per heavy atom. The third-order valence-corrected chi connectivity index (χ3v) is 5.49. The van der Waals surface area contributed by atoms with Crippen molar-refractivity contribution in [2.45, 2.75) is 45.6 Å². The third kappa shape index (κ3) is 6.60. The van der Waals surface area contributed by atoms with E-state index in [0.29, 0.717) is 23.7 Å². The van der Waals surface area contributed by atoms with Crippen LogP contribution >= 0.6 is 0 Å². The van der Waals surface area contributed by atoms with Crippen LogP contribution in [0.2, 0.25) is 0 Å². The van der Waals surface area contributed by atoms with E-state index in [1.165, 1.54) is 14.0 Å². The minimum Gasteiger partial charge on any atom is -0.493 e. The number of nitrogens with two attached hydrogens (primary N) is 1. The molecule has 2 atom stereocenters. The molecule has 0 radical (unpaired) electrons. The fourth-order valence-corrected chi connectivity index (χ4v) is 4.71. The maximum atomic E-state index is 12.9. The lowest BCUT2D eigenvalue weighted by Gasteiger charge is -2.39. The van der Waals surface area contributed by atoms with Crippen molar-refractivity contribution in [3.63, 3.8) is 0 Å². The normalized spacial score (nSPS) is 14.5. The number of benzene rings is 1. The van der Waals surface area contributed by atoms with Crippen molar-refractivity contribution >= 4 is 21.7 Å². The lowest BCUT2D eigenvalue weighted by Crippen LogP contribution is -2.61. The van der Waals surface area contributed by atoms with Gasteiger partial charge in [-0.25, -0.2) is 13.2 Å². The van der Waals surface area contributed by atoms with Gasteiger partial charge in [-0.15, -0.1) is 0 Å². The molecule has 0 aliphatic heterocycles. The lowest BCUT2D eigenvalue weighted by atomic mass is 9.74. The molecule has 1 unspecified atom stereocenters. The molecule has 1 aromatic carbocycles. The van der Waals surface area contributed by atoms with Crippen molar-refractivity contribution in [3.05, 3.63) is 23.8 Å². The van der Waals surface area contributed by atoms with E-state index in [9.17, 15) is 18.0 Å². The summed E-state index contributed by atoms with van der Waals surface area (Å²) in [6, 6.07) is 4.87. The molecular formula is C20H32N2O7S. The molecule has 0 aliphatic carbocycles. The molecule has 0 fully saturated rings. The number of amides is 1. The van der Waals surface area contributed by atoms with Crippen molar-refractivity contribution in [1.82, 2.24) is 5.32 Å². The standard InChI is InChI=1S/C20H32N2O7S/c1-7-28-18-10-15(8-9-17(18)27-5)16(12-30(6,25)26)20(11-13(2)3,19(24)29-21)22-14(4)23/h8-10,13,16H,7,11-12,21H2,1-6H3,(H,22,23)/t16-,20?/m1/s1. The maximum absolute atomic E-state index is 12.9. The van der Waals surface area contributed by atoms with Crippen molar-refractivity contribution in [2.75, 3.05) is 25.7 Å². The van der Waals surface area contributed by atoms with Gasteiger partial charge in [0.05, 0.1) is 19.5 Å². The van der Waals surface area contributed by atoms with Crippen LogP contribution in [0.4, 0.5) is 0 Å². The van der Waals surface area contributed by atoms with Gasteiger partial charge in [0.1, 0.15) is 15.4 Å². The van der Waals surface area contributed by atoms with E-state index in [2.05, 4.69) is 10.2 Å². The lowest BCUT2D eigenvalue weighted by molar-refractivity contribution is -0.156. The topological polar surface area (TPSA) is 134 Å². The van der Waals surface area contributed by atoms with Gasteiger partial charge < -0.3 is 19.6 Å². The smallest absolute Gasteiger partial charge is 0.350 e. The Balaban J connectivity index is 3.82. The van der Waals surface area contributed by atoms with E-state index in [1.807, 2.05) is 13.8 Å². The molecule has 0 bridgehead atoms. The number of hydrogen-bond acceptors (Lipinski definition) is 8. The quantitative estimate of drug-likeness (QED) is 0.491. The van der Waals surface area contributed by atoms with Gasteiger partial charge in [-0.3, -0.25) is 4.79 Å². The molecule has 170 valence electrons. The highest BCUT2D eigenvalue weighted by Gasteiger charge is 2.50. The minimum atomic E-state index is -3.58. The van der Waals surface area contributed by atoms with Crippen LogP contribution in [0.5, 0.6) is 11.5 Å². The predicted molar refractivity (Wildman–Crippen MR) is 113 cm³/mol. The molecule has 1 amide bonds. The Kier molecular flexibility index (Phi) is 9.10. The Bertz CT molecular complexity index is 855. The average Bonchev–Trinajstić information content (AvgIpc) is 2.63. The summed E-state index contributed by atoms with van der Waals surface area (Å²) in [5.41, 5.74) is -1.24. The van der Waals surface area contributed by atoms with Gasteiger partial charge in [0, 0.05) is 19.1 Å². The highest BCUT2D eigenvalue weighted by molar-refractivity contribution is 7.90. The fourth-order valence-electron chi connectivity index (χ4n) is 3.62. The van der Waals surface area contributed by atoms with E-state index < -0.39 is 38.9 Å². The van der Waals surface area contributed by atoms with Crippen LogP contribution in [-0.2, 0) is 24.3 Å². The molecule has 10 heteroatoms. The summed E-state index contributed by atoms with van der Waals surface area (Å²) in [6.45, 7) is 7.08. The van der Waals surface area contributed by atoms with Gasteiger partial charge in [-0.05, 0) is 37.0 Å². The van der Waals surface area contributed by atoms with Crippen molar-refractivity contribution in [1.29, 1.82) is 0 Å². The van der Waals surface area contributed by atoms with Crippen LogP contribution in [0.3, 0.4) is 0 Å². The van der Waals surface area contributed by atoms with Crippen molar-refractivity contribution in [2.24, 2.45) is 11.8 Å². The fraction of sp³-hybridized carbons (Fsp3) is 0.600. The van der Waals surface area contributed by atoms with Crippen LogP contribution < -0.4 is 20.7 Å². The van der Waals surface area contributed by atoms with E-state index >= 15 is 0 Å². The molecular weight excluding hydrogens is 412 g/mol. The number of methoxy groups -OCH3 is 1. The molecule has 0 heterocycles. The zero-order valence-corrected chi connectivity index (χ0v) is 19.2. The molecule has 0 aromatic heterocycles. The summed E-state index contributed by atoms with van der Waals surface area (Å²) in [7, 11) is -2.10. The van der Waals surface area contributed by atoms with Gasteiger partial charge in [0.15, 0.2) is 11.5 Å². The second-order valence-corrected chi connectivity index (χ2v) is 9.83. The third-order valence-electron chi connectivity index (χ3n) is 4.55. The molecule has 30 heavy (non-hydrogen) atoms. The first-order valence-electron chi connectivity index (χ1n) is 9.58. The Labute approximate surface area is 178 Å². The Morgan fingerprint density at radius 3 is 2.30 bits per heavy atom. The monoisotopic (exact) mass is 444 g/mol. The molecule has 0 saturated carbocycles. The largest absolute Gasteiger partial charge is 0.493 e. The van der Waals surface area contributed by atoms with Crippen molar-refractivity contribution < 1.29 is 32.3 Å². The second-order valence-electron chi connectivity index (χ2n) is 7.64. The van der Waals surface area contributed by atoms with Gasteiger partial charge in [0.25, 0.3) is 0 Å². The summed E-state index contributed by atoms with van der Waals surface area (Å²) in [4.78, 5) is 29.6. The molecule has 0 aliphatic rings. The minimum absolute atomic E-state index is 0.0948. The second kappa shape index (κ2) is 10.6. The predicted octanol–water partition coefficient (Wildman–Crippen LogP) is 1.56. The summed E-state index contributed by atoms with van der Waals surface area (Å²) in [5, 5.41) is 2.65. The van der Waals surface area contributed by atoms with Gasteiger partial charge in [-0.2, -0.15) is 5.90 Å². The van der Waals surface area contributed by atoms with Gasteiger partial charge in [-0.1, -0.05) is 19.9 Å². The first kappa shape index (κ1) is 25.7. The molecule has 0 spiro atoms. The Hall–Kier alpha value is -2.33. The highest BCUT2D eigenvalue weighted by Crippen LogP contribution is 2.39. The summed E-state index contributed by atoms with van der Waals surface area (Å²) in [6.07, 6.45) is 1.17. The van der Waals surface area contributed by atoms with Crippen LogP contribution in [0, 0.1) is 5.92 Å². The number of hydrogen-bond donors (Lipinski definition) is 2. The molecule has 9 nitrogen and oxygen atoms in total. The first-order valence-corrected chi connectivity index (χ1v) is 11.6. The van der Waals surface area contributed by atoms with E-state index in [1.54, 1.807) is 25.1 Å². The molecule has 0 saturated heterocycles. The van der Waals surface area contributed by atoms with E-state index in [-0.39, 0.29) is 12.3 Å². The summed E-state index contributed by atoms with van der Waals surface area (Å²) >= 11 is 0. The first-order chi connectivity index (χ1) is 13.9. The van der Waals surface area contributed by atoms with Crippen molar-refractivity contribution in [3.8, 4) is 11.5 Å². The van der Waals surface area contributed by atoms with Gasteiger partial charge >= 0.3 is 5.97 Å². The average molecular weight is 445 g/mol. The zero-order chi connectivity index (χ0) is 23.1. The van der Waals surface area contributed by atoms with Crippen LogP contribution in [0.1, 0.15) is 45.6 Å². The number of rotatable bonds is 11. The zero-order valence-electron chi connectivity index (χ0n) is 18.4. The Morgan fingerprint density at radius 1 is 1.23 bits per heavy atom. The number of carbonyl (C=O) groups is 2. The highest BCUT2D eigenvalue weighted by atomic mass is 32.2. The summed E-state index contributed by atoms with van der Waals surface area (Å²) in [5.74, 6) is 3.12. The van der Waals surface area contributed by atoms with Gasteiger partial charge in [0.2, 0.25) is 5.91 Å². The molecule has 1 aromatic rings. The maximum Gasteiger partial charge on any atom is 0.350 e. The van der Waals surface area contributed by atoms with Crippen LogP contribution in [0.15, 0.2) is 18.2 Å². The van der Waals surface area contributed by atoms with Crippen LogP contribution in [-0.4, -0.2) is 51.6 Å². The summed E-state index contributed by atoms with van der Waals surface area (Å²) < 4.78 is 35.6. The SMILES string of the molecule is CCOc1cc([C@@H](CS(C)(=O)=O)C(CC(C)C)(NC(C)=O)C(=O)ON)ccc1OC. The number of ether oxygens (including phenoxy) is 2. The molecule has 1 rings (SSSR count). The number of nitrogens with one attached hydrogen (secondary N) is 1. The molecule has 3 N–H and O–H groups in total. The number of sulfone groups is 1. The van der Waals surface area contributed by atoms with Crippen LogP contribution in [0.25, 0.3) is 0 Å².